The van der Waals surface area contributed by atoms with E-state index >= 15 is 0 Å². The van der Waals surface area contributed by atoms with Crippen molar-refractivity contribution in [1.82, 2.24) is 14.9 Å². The minimum Gasteiger partial charge on any atom is -0.464 e. The Hall–Kier alpha value is -2.04. The highest BCUT2D eigenvalue weighted by atomic mass is 16.3. The fourth-order valence-corrected chi connectivity index (χ4v) is 1.40. The van der Waals surface area contributed by atoms with Gasteiger partial charge in [0.05, 0.1) is 6.04 Å². The van der Waals surface area contributed by atoms with Gasteiger partial charge in [-0.05, 0) is 26.0 Å². The molecule has 2 aromatic heterocycles. The number of hydrogen-bond acceptors (Lipinski definition) is 3. The Bertz CT molecular complexity index is 473. The van der Waals surface area contributed by atoms with Crippen LogP contribution in [0.1, 0.15) is 24.5 Å². The first-order valence-electron chi connectivity index (χ1n) is 5.02. The molecule has 0 saturated heterocycles. The zero-order chi connectivity index (χ0) is 11.5. The van der Waals surface area contributed by atoms with Crippen molar-refractivity contribution in [3.05, 3.63) is 42.4 Å². The molecule has 0 aliphatic rings. The van der Waals surface area contributed by atoms with E-state index in [0.717, 1.165) is 11.5 Å². The second-order valence-corrected chi connectivity index (χ2v) is 3.59. The Morgan fingerprint density at radius 3 is 2.94 bits per heavy atom. The van der Waals surface area contributed by atoms with Crippen molar-refractivity contribution in [3.63, 3.8) is 0 Å². The topological polar surface area (TPSA) is 60.1 Å². The lowest BCUT2D eigenvalue weighted by Crippen LogP contribution is -2.29. The number of hydrogen-bond donors (Lipinski definition) is 1. The maximum absolute atomic E-state index is 11.7. The Labute approximate surface area is 93.1 Å². The van der Waals surface area contributed by atoms with Crippen LogP contribution in [0, 0.1) is 6.92 Å². The Morgan fingerprint density at radius 1 is 1.56 bits per heavy atom. The average Bonchev–Trinajstić information content (AvgIpc) is 2.87. The summed E-state index contributed by atoms with van der Waals surface area (Å²) in [7, 11) is 0. The van der Waals surface area contributed by atoms with Crippen molar-refractivity contribution >= 4 is 6.03 Å². The van der Waals surface area contributed by atoms with Crippen molar-refractivity contribution in [2.24, 2.45) is 0 Å². The van der Waals surface area contributed by atoms with Crippen LogP contribution < -0.4 is 5.32 Å². The summed E-state index contributed by atoms with van der Waals surface area (Å²) in [6.45, 7) is 3.74. The van der Waals surface area contributed by atoms with Gasteiger partial charge in [-0.2, -0.15) is 0 Å². The fraction of sp³-hybridized carbons (Fsp3) is 0.273. The summed E-state index contributed by atoms with van der Waals surface area (Å²) in [6.07, 6.45) is 4.60. The summed E-state index contributed by atoms with van der Waals surface area (Å²) in [5.41, 5.74) is 0. The second-order valence-electron chi connectivity index (χ2n) is 3.59. The molecular formula is C11H13N3O2. The van der Waals surface area contributed by atoms with E-state index in [1.165, 1.54) is 10.9 Å². The molecule has 5 nitrogen and oxygen atoms in total. The minimum absolute atomic E-state index is 0.163. The normalized spacial score (nSPS) is 12.4. The molecule has 0 aliphatic carbocycles. The lowest BCUT2D eigenvalue weighted by Gasteiger charge is -2.11. The minimum atomic E-state index is -0.223. The van der Waals surface area contributed by atoms with Gasteiger partial charge in [-0.1, -0.05) is 0 Å². The summed E-state index contributed by atoms with van der Waals surface area (Å²) >= 11 is 0. The third-order valence-corrected chi connectivity index (χ3v) is 2.27. The fourth-order valence-electron chi connectivity index (χ4n) is 1.40. The van der Waals surface area contributed by atoms with Crippen molar-refractivity contribution < 1.29 is 9.21 Å². The summed E-state index contributed by atoms with van der Waals surface area (Å²) in [5.74, 6) is 1.57. The number of furan rings is 1. The van der Waals surface area contributed by atoms with Crippen molar-refractivity contribution in [2.75, 3.05) is 0 Å². The third-order valence-electron chi connectivity index (χ3n) is 2.27. The van der Waals surface area contributed by atoms with Gasteiger partial charge in [0.15, 0.2) is 0 Å². The van der Waals surface area contributed by atoms with Crippen LogP contribution in [0.5, 0.6) is 0 Å². The van der Waals surface area contributed by atoms with Gasteiger partial charge in [-0.3, -0.25) is 4.57 Å². The Kier molecular flexibility index (Phi) is 2.76. The molecule has 1 atom stereocenters. The maximum Gasteiger partial charge on any atom is 0.327 e. The summed E-state index contributed by atoms with van der Waals surface area (Å²) in [6, 6.07) is 3.34. The predicted octanol–water partition coefficient (Wildman–Crippen LogP) is 2.10. The van der Waals surface area contributed by atoms with Crippen LogP contribution in [0.3, 0.4) is 0 Å². The molecule has 0 aromatic carbocycles. The Balaban J connectivity index is 2.03. The van der Waals surface area contributed by atoms with E-state index in [2.05, 4.69) is 10.3 Å². The SMILES string of the molecule is Cc1ccc(C(C)NC(=O)n2ccnc2)o1. The largest absolute Gasteiger partial charge is 0.464 e. The lowest BCUT2D eigenvalue weighted by atomic mass is 10.2. The predicted molar refractivity (Wildman–Crippen MR) is 58.0 cm³/mol. The van der Waals surface area contributed by atoms with Crippen molar-refractivity contribution in [2.45, 2.75) is 19.9 Å². The Morgan fingerprint density at radius 2 is 2.38 bits per heavy atom. The van der Waals surface area contributed by atoms with Crippen LogP contribution in [-0.4, -0.2) is 15.6 Å². The number of aryl methyl sites for hydroxylation is 1. The molecule has 1 unspecified atom stereocenters. The molecular weight excluding hydrogens is 206 g/mol. The van der Waals surface area contributed by atoms with Crippen LogP contribution in [-0.2, 0) is 0 Å². The van der Waals surface area contributed by atoms with Crippen LogP contribution in [0.25, 0.3) is 0 Å². The second kappa shape index (κ2) is 4.22. The number of imidazole rings is 1. The highest BCUT2D eigenvalue weighted by Gasteiger charge is 2.13. The van der Waals surface area contributed by atoms with Crippen LogP contribution in [0.15, 0.2) is 35.3 Å². The number of carbonyl (C=O) groups is 1. The average molecular weight is 219 g/mol. The van der Waals surface area contributed by atoms with Gasteiger partial charge in [0, 0.05) is 12.4 Å². The summed E-state index contributed by atoms with van der Waals surface area (Å²) in [5, 5.41) is 2.80. The summed E-state index contributed by atoms with van der Waals surface area (Å²) in [4.78, 5) is 15.5. The number of carbonyl (C=O) groups excluding carboxylic acids is 1. The molecule has 0 saturated carbocycles. The van der Waals surface area contributed by atoms with Crippen molar-refractivity contribution in [3.8, 4) is 0 Å². The molecule has 0 fully saturated rings. The van der Waals surface area contributed by atoms with E-state index in [1.807, 2.05) is 26.0 Å². The van der Waals surface area contributed by atoms with Gasteiger partial charge in [0.1, 0.15) is 17.8 Å². The van der Waals surface area contributed by atoms with Crippen LogP contribution in [0.4, 0.5) is 4.79 Å². The first kappa shape index (κ1) is 10.5. The van der Waals surface area contributed by atoms with E-state index < -0.39 is 0 Å². The molecule has 0 radical (unpaired) electrons. The number of nitrogens with zero attached hydrogens (tertiary/aromatic N) is 2. The van der Waals surface area contributed by atoms with E-state index in [1.54, 1.807) is 12.4 Å². The van der Waals surface area contributed by atoms with Gasteiger partial charge in [-0.15, -0.1) is 0 Å². The molecule has 1 amide bonds. The molecule has 0 aliphatic heterocycles. The molecule has 2 heterocycles. The molecule has 2 rings (SSSR count). The standard InChI is InChI=1S/C11H13N3O2/c1-8-3-4-10(16-8)9(2)13-11(15)14-6-5-12-7-14/h3-7,9H,1-2H3,(H,13,15). The quantitative estimate of drug-likeness (QED) is 0.841. The van der Waals surface area contributed by atoms with Crippen LogP contribution in [0.2, 0.25) is 0 Å². The highest BCUT2D eigenvalue weighted by molar-refractivity contribution is 5.76. The highest BCUT2D eigenvalue weighted by Crippen LogP contribution is 2.15. The van der Waals surface area contributed by atoms with E-state index in [0.29, 0.717) is 0 Å². The van der Waals surface area contributed by atoms with E-state index in [9.17, 15) is 4.79 Å². The maximum atomic E-state index is 11.7. The molecule has 84 valence electrons. The zero-order valence-corrected chi connectivity index (χ0v) is 9.18. The van der Waals surface area contributed by atoms with Crippen molar-refractivity contribution in [1.29, 1.82) is 0 Å². The summed E-state index contributed by atoms with van der Waals surface area (Å²) < 4.78 is 6.81. The van der Waals surface area contributed by atoms with Crippen LogP contribution >= 0.6 is 0 Å². The van der Waals surface area contributed by atoms with Gasteiger partial charge in [-0.25, -0.2) is 9.78 Å². The van der Waals surface area contributed by atoms with Gasteiger partial charge in [0.25, 0.3) is 0 Å². The first-order chi connectivity index (χ1) is 7.66. The number of nitrogens with one attached hydrogen (secondary N) is 1. The molecule has 0 bridgehead atoms. The number of rotatable bonds is 2. The van der Waals surface area contributed by atoms with Gasteiger partial charge in [0.2, 0.25) is 0 Å². The van der Waals surface area contributed by atoms with Gasteiger partial charge < -0.3 is 9.73 Å². The third kappa shape index (κ3) is 2.13. The number of amides is 1. The monoisotopic (exact) mass is 219 g/mol. The molecule has 1 N–H and O–H groups in total. The first-order valence-corrected chi connectivity index (χ1v) is 5.02. The molecule has 5 heteroatoms. The molecule has 2 aromatic rings. The molecule has 0 spiro atoms. The molecule has 16 heavy (non-hydrogen) atoms. The van der Waals surface area contributed by atoms with Gasteiger partial charge >= 0.3 is 6.03 Å². The lowest BCUT2D eigenvalue weighted by molar-refractivity contribution is 0.237. The van der Waals surface area contributed by atoms with E-state index in [-0.39, 0.29) is 12.1 Å². The van der Waals surface area contributed by atoms with E-state index in [4.69, 9.17) is 4.42 Å². The smallest absolute Gasteiger partial charge is 0.327 e. The number of aromatic nitrogens is 2. The zero-order valence-electron chi connectivity index (χ0n) is 9.18.